The highest BCUT2D eigenvalue weighted by Crippen LogP contribution is 2.47. The summed E-state index contributed by atoms with van der Waals surface area (Å²) in [7, 11) is 1.94. The van der Waals surface area contributed by atoms with Crippen LogP contribution in [0.5, 0.6) is 6.01 Å². The molecule has 0 spiro atoms. The molecule has 1 N–H and O–H groups in total. The highest BCUT2D eigenvalue weighted by atomic mass is 35.5. The van der Waals surface area contributed by atoms with Crippen LogP contribution in [0.1, 0.15) is 73.3 Å². The van der Waals surface area contributed by atoms with Crippen molar-refractivity contribution in [3.8, 4) is 23.2 Å². The van der Waals surface area contributed by atoms with E-state index in [0.717, 1.165) is 17.4 Å². The summed E-state index contributed by atoms with van der Waals surface area (Å²) in [4.78, 5) is 41.2. The second-order valence-corrected chi connectivity index (χ2v) is 19.2. The molecule has 2 amide bonds. The molecule has 3 saturated heterocycles. The standard InChI is InChI=1S/C42H47ClF3N7O5S/c1-40(2,3)57-38(54)50-36-26(17-47)30-29(59-36)12-11-28(45)32(30)31-27(43)15-25-34(33(31)46)48-37(56-21-42(7)20-51(8)14-13-22(42)16-44)49-35(25)52-18-23-9-10-24(19-52)53(23)39(55)58-41(4,5)6/h11-12,15-16,23-24H,9-10,13-14,18-21H2,1-8H3,(H,50,54)/b22-16+/t23?,24?,42-/m0/s1. The van der Waals surface area contributed by atoms with Gasteiger partial charge in [-0.05, 0) is 91.6 Å². The summed E-state index contributed by atoms with van der Waals surface area (Å²) in [5, 5.41) is 13.1. The van der Waals surface area contributed by atoms with Gasteiger partial charge in [-0.25, -0.2) is 22.8 Å². The summed E-state index contributed by atoms with van der Waals surface area (Å²) in [6.07, 6.45) is 1.31. The molecule has 3 fully saturated rings. The number of aromatic nitrogens is 2. The van der Waals surface area contributed by atoms with E-state index in [9.17, 15) is 19.2 Å². The Bertz CT molecular complexity index is 2410. The van der Waals surface area contributed by atoms with Gasteiger partial charge in [0, 0.05) is 58.2 Å². The summed E-state index contributed by atoms with van der Waals surface area (Å²) >= 11 is 7.95. The first-order valence-electron chi connectivity index (χ1n) is 19.4. The van der Waals surface area contributed by atoms with Gasteiger partial charge in [-0.3, -0.25) is 10.2 Å². The molecular formula is C42H47ClF3N7O5S. The lowest BCUT2D eigenvalue weighted by atomic mass is 9.78. The lowest BCUT2D eigenvalue weighted by Gasteiger charge is -2.42. The van der Waals surface area contributed by atoms with E-state index < -0.39 is 40.4 Å². The molecule has 12 nitrogen and oxygen atoms in total. The third-order valence-corrected chi connectivity index (χ3v) is 12.2. The van der Waals surface area contributed by atoms with Crippen molar-refractivity contribution in [1.29, 1.82) is 5.26 Å². The van der Waals surface area contributed by atoms with Gasteiger partial charge < -0.3 is 24.0 Å². The molecule has 59 heavy (non-hydrogen) atoms. The number of carbonyl (C=O) groups excluding carboxylic acids is 2. The van der Waals surface area contributed by atoms with E-state index in [1.165, 1.54) is 12.1 Å². The van der Waals surface area contributed by atoms with E-state index in [4.69, 9.17) is 30.8 Å². The molecule has 0 aliphatic carbocycles. The number of piperazine rings is 1. The zero-order chi connectivity index (χ0) is 42.8. The van der Waals surface area contributed by atoms with Gasteiger partial charge in [0.05, 0.1) is 29.0 Å². The van der Waals surface area contributed by atoms with Gasteiger partial charge in [0.15, 0.2) is 5.82 Å². The van der Waals surface area contributed by atoms with E-state index in [-0.39, 0.29) is 67.7 Å². The van der Waals surface area contributed by atoms with Crippen LogP contribution in [0.2, 0.25) is 5.02 Å². The predicted octanol–water partition coefficient (Wildman–Crippen LogP) is 9.82. The number of ether oxygens (including phenoxy) is 3. The van der Waals surface area contributed by atoms with Gasteiger partial charge in [-0.2, -0.15) is 15.2 Å². The number of nitrogens with zero attached hydrogens (tertiary/aromatic N) is 6. The van der Waals surface area contributed by atoms with Crippen LogP contribution < -0.4 is 15.0 Å². The van der Waals surface area contributed by atoms with Crippen LogP contribution in [0.3, 0.4) is 0 Å². The minimum absolute atomic E-state index is 0.0282. The van der Waals surface area contributed by atoms with E-state index in [1.807, 2.05) is 45.7 Å². The van der Waals surface area contributed by atoms with Crippen LogP contribution in [0, 0.1) is 28.4 Å². The zero-order valence-corrected chi connectivity index (χ0v) is 35.8. The van der Waals surface area contributed by atoms with Crippen LogP contribution in [-0.4, -0.2) is 95.1 Å². The minimum Gasteiger partial charge on any atom is -0.462 e. The van der Waals surface area contributed by atoms with Crippen molar-refractivity contribution in [2.75, 3.05) is 50.1 Å². The second kappa shape index (κ2) is 15.6. The smallest absolute Gasteiger partial charge is 0.412 e. The summed E-state index contributed by atoms with van der Waals surface area (Å²) in [6, 6.07) is 5.44. The van der Waals surface area contributed by atoms with Crippen molar-refractivity contribution in [3.63, 3.8) is 0 Å². The van der Waals surface area contributed by atoms with Crippen molar-refractivity contribution in [2.24, 2.45) is 5.41 Å². The van der Waals surface area contributed by atoms with Gasteiger partial charge in [-0.1, -0.05) is 18.5 Å². The number of piperidine rings is 1. The molecule has 5 heterocycles. The first-order chi connectivity index (χ1) is 27.7. The fourth-order valence-corrected chi connectivity index (χ4v) is 9.66. The number of hydrogen-bond acceptors (Lipinski definition) is 11. The molecule has 3 aliphatic heterocycles. The Morgan fingerprint density at radius 2 is 1.76 bits per heavy atom. The third kappa shape index (κ3) is 8.34. The van der Waals surface area contributed by atoms with E-state index in [2.05, 4.69) is 15.2 Å². The number of nitrogens with one attached hydrogen (secondary N) is 1. The fraction of sp³-hybridized carbons (Fsp3) is 0.500. The highest BCUT2D eigenvalue weighted by Gasteiger charge is 2.45. The predicted molar refractivity (Wildman–Crippen MR) is 222 cm³/mol. The van der Waals surface area contributed by atoms with Gasteiger partial charge in [0.25, 0.3) is 0 Å². The van der Waals surface area contributed by atoms with Crippen LogP contribution >= 0.6 is 22.9 Å². The quantitative estimate of drug-likeness (QED) is 0.200. The molecule has 3 atom stereocenters. The number of nitriles is 1. The average molecular weight is 854 g/mol. The largest absolute Gasteiger partial charge is 0.462 e. The topological polar surface area (TPSA) is 133 Å². The first-order valence-corrected chi connectivity index (χ1v) is 20.6. The lowest BCUT2D eigenvalue weighted by molar-refractivity contribution is 0.0122. The van der Waals surface area contributed by atoms with E-state index in [0.29, 0.717) is 67.9 Å². The number of rotatable bonds is 6. The van der Waals surface area contributed by atoms with Gasteiger partial charge in [0.2, 0.25) is 0 Å². The number of carbonyl (C=O) groups is 2. The van der Waals surface area contributed by atoms with Crippen LogP contribution in [0.15, 0.2) is 30.1 Å². The first kappa shape index (κ1) is 42.3. The summed E-state index contributed by atoms with van der Waals surface area (Å²) in [5.41, 5.74) is -2.68. The molecule has 314 valence electrons. The Morgan fingerprint density at radius 3 is 2.39 bits per heavy atom. The number of likely N-dealkylation sites (tertiary alicyclic amines) is 1. The van der Waals surface area contributed by atoms with Crippen molar-refractivity contribution < 1.29 is 37.0 Å². The van der Waals surface area contributed by atoms with E-state index >= 15 is 8.78 Å². The van der Waals surface area contributed by atoms with Crippen LogP contribution in [-0.2, 0) is 9.47 Å². The zero-order valence-electron chi connectivity index (χ0n) is 34.3. The Balaban J connectivity index is 1.36. The van der Waals surface area contributed by atoms with Crippen molar-refractivity contribution in [2.45, 2.75) is 91.0 Å². The Labute approximate surface area is 349 Å². The molecule has 2 aromatic carbocycles. The Morgan fingerprint density at radius 1 is 1.08 bits per heavy atom. The molecule has 2 aromatic heterocycles. The van der Waals surface area contributed by atoms with Gasteiger partial charge in [0.1, 0.15) is 46.0 Å². The van der Waals surface area contributed by atoms with Crippen LogP contribution in [0.4, 0.5) is 33.6 Å². The molecule has 2 unspecified atom stereocenters. The number of anilines is 2. The summed E-state index contributed by atoms with van der Waals surface area (Å²) in [6.45, 7) is 14.2. The molecule has 0 saturated carbocycles. The molecule has 7 rings (SSSR count). The highest BCUT2D eigenvalue weighted by molar-refractivity contribution is 7.23. The number of hydrogen-bond donors (Lipinski definition) is 1. The van der Waals surface area contributed by atoms with Crippen molar-refractivity contribution in [3.05, 3.63) is 52.3 Å². The maximum absolute atomic E-state index is 17.5. The lowest BCUT2D eigenvalue weighted by Crippen LogP contribution is -2.57. The molecular weight excluding hydrogens is 807 g/mol. The Hall–Kier alpha value is -4.85. The summed E-state index contributed by atoms with van der Waals surface area (Å²) in [5.74, 6) is -1.57. The van der Waals surface area contributed by atoms with Crippen LogP contribution in [0.25, 0.3) is 32.1 Å². The third-order valence-electron chi connectivity index (χ3n) is 10.8. The molecule has 17 heteroatoms. The monoisotopic (exact) mass is 853 g/mol. The number of fused-ring (bicyclic) bond motifs is 4. The van der Waals surface area contributed by atoms with Gasteiger partial charge in [-0.15, -0.1) is 11.3 Å². The minimum atomic E-state index is -0.993. The summed E-state index contributed by atoms with van der Waals surface area (Å²) < 4.78 is 65.6. The molecule has 4 aromatic rings. The number of amides is 2. The maximum atomic E-state index is 17.5. The number of thiophene rings is 1. The van der Waals surface area contributed by atoms with Crippen molar-refractivity contribution >= 4 is 66.9 Å². The normalized spacial score (nSPS) is 21.9. The van der Waals surface area contributed by atoms with Gasteiger partial charge >= 0.3 is 18.2 Å². The van der Waals surface area contributed by atoms with Crippen molar-refractivity contribution in [1.82, 2.24) is 19.8 Å². The Kier molecular flexibility index (Phi) is 11.2. The maximum Gasteiger partial charge on any atom is 0.412 e. The molecule has 3 aliphatic rings. The average Bonchev–Trinajstić information content (AvgIpc) is 3.62. The number of benzene rings is 2. The number of halogens is 4. The van der Waals surface area contributed by atoms with E-state index in [1.54, 1.807) is 25.7 Å². The fourth-order valence-electron chi connectivity index (χ4n) is 8.32. The second-order valence-electron chi connectivity index (χ2n) is 17.8. The SMILES string of the molecule is CN1CC/C(=C\F)[C@](C)(COc2nc(N3CC4CCC(C3)N4C(=O)OC(C)(C)C)c3cc(Cl)c(-c4c(F)ccc5sc(NC(=O)OC(C)(C)C)c(C#N)c45)c(F)c3n2)C1. The molecule has 2 bridgehead atoms. The molecule has 0 radical (unpaired) electrons.